The monoisotopic (exact) mass is 512 g/mol. The molecule has 0 spiro atoms. The lowest BCUT2D eigenvalue weighted by Gasteiger charge is -2.49. The fraction of sp³-hybridized carbons (Fsp3) is 0.333. The highest BCUT2D eigenvalue weighted by Crippen LogP contribution is 2.41. The molecule has 0 aromatic carbocycles. The number of carboxylic acids is 2. The Bertz CT molecular complexity index is 1140. The minimum absolute atomic E-state index is 0.0519. The maximum absolute atomic E-state index is 12.7. The summed E-state index contributed by atoms with van der Waals surface area (Å²) >= 11 is 5.19. The number of hydrogen-bond acceptors (Lipinski definition) is 10. The Balaban J connectivity index is 1.43. The molecule has 32 heavy (non-hydrogen) atoms. The molecule has 2 aliphatic heterocycles. The van der Waals surface area contributed by atoms with Crippen LogP contribution in [0.3, 0.4) is 0 Å². The number of aliphatic carboxylic acids is 1. The standard InChI is InChI=1S/C18H16N4O6S4/c1-7-20-21-18(32-7)31-6-9-5-30-15-11(14(24)22(15)12(9)16(25)26)19-10(23)4-8-2-3-29-13(8)17(27)28/h2-3,11,15H,4-6H2,1H3,(H,19,23)(H,25,26)(H,27,28)/t11?,15-/m0/s1. The van der Waals surface area contributed by atoms with Crippen molar-refractivity contribution in [3.63, 3.8) is 0 Å². The Morgan fingerprint density at radius 1 is 1.28 bits per heavy atom. The third-order valence-electron chi connectivity index (χ3n) is 4.74. The summed E-state index contributed by atoms with van der Waals surface area (Å²) in [5.41, 5.74) is 0.931. The number of carboxylic acid groups (broad SMARTS) is 2. The van der Waals surface area contributed by atoms with Crippen molar-refractivity contribution in [3.8, 4) is 0 Å². The summed E-state index contributed by atoms with van der Waals surface area (Å²) in [7, 11) is 0. The van der Waals surface area contributed by atoms with Crippen LogP contribution in [0.25, 0.3) is 0 Å². The van der Waals surface area contributed by atoms with E-state index in [0.717, 1.165) is 20.7 Å². The first-order chi connectivity index (χ1) is 15.3. The van der Waals surface area contributed by atoms with Gasteiger partial charge >= 0.3 is 11.9 Å². The molecule has 10 nitrogen and oxygen atoms in total. The Hall–Kier alpha value is -2.42. The quantitative estimate of drug-likeness (QED) is 0.352. The molecule has 3 N–H and O–H groups in total. The zero-order valence-electron chi connectivity index (χ0n) is 16.4. The van der Waals surface area contributed by atoms with Gasteiger partial charge in [0.25, 0.3) is 5.91 Å². The fourth-order valence-electron chi connectivity index (χ4n) is 3.34. The number of carbonyl (C=O) groups excluding carboxylic acids is 2. The molecular weight excluding hydrogens is 496 g/mol. The maximum atomic E-state index is 12.7. The largest absolute Gasteiger partial charge is 0.477 e. The third kappa shape index (κ3) is 4.40. The van der Waals surface area contributed by atoms with Crippen LogP contribution in [0.4, 0.5) is 0 Å². The molecule has 4 rings (SSSR count). The Morgan fingerprint density at radius 2 is 2.06 bits per heavy atom. The topological polar surface area (TPSA) is 150 Å². The van der Waals surface area contributed by atoms with Crippen LogP contribution in [0.2, 0.25) is 0 Å². The van der Waals surface area contributed by atoms with Crippen molar-refractivity contribution in [3.05, 3.63) is 38.2 Å². The van der Waals surface area contributed by atoms with E-state index in [1.165, 1.54) is 39.8 Å². The van der Waals surface area contributed by atoms with Gasteiger partial charge in [-0.2, -0.15) is 0 Å². The number of nitrogens with one attached hydrogen (secondary N) is 1. The van der Waals surface area contributed by atoms with Crippen LogP contribution in [-0.4, -0.2) is 72.0 Å². The van der Waals surface area contributed by atoms with Crippen molar-refractivity contribution >= 4 is 70.0 Å². The number of aryl methyl sites for hydroxylation is 1. The molecule has 0 aliphatic carbocycles. The zero-order valence-corrected chi connectivity index (χ0v) is 19.7. The number of aromatic nitrogens is 2. The van der Waals surface area contributed by atoms with Crippen LogP contribution >= 0.6 is 46.2 Å². The van der Waals surface area contributed by atoms with Gasteiger partial charge in [-0.25, -0.2) is 9.59 Å². The molecule has 2 aromatic heterocycles. The van der Waals surface area contributed by atoms with Crippen molar-refractivity contribution in [1.82, 2.24) is 20.4 Å². The van der Waals surface area contributed by atoms with E-state index in [1.807, 2.05) is 6.92 Å². The van der Waals surface area contributed by atoms with Crippen LogP contribution in [0.1, 0.15) is 20.2 Å². The van der Waals surface area contributed by atoms with Crippen molar-refractivity contribution in [2.24, 2.45) is 0 Å². The first-order valence-electron chi connectivity index (χ1n) is 9.18. The number of hydrogen-bond donors (Lipinski definition) is 3. The minimum atomic E-state index is -1.19. The second kappa shape index (κ2) is 9.21. The van der Waals surface area contributed by atoms with E-state index in [2.05, 4.69) is 15.5 Å². The molecule has 0 radical (unpaired) electrons. The third-order valence-corrected chi connectivity index (χ3v) is 9.08. The molecule has 2 aromatic rings. The summed E-state index contributed by atoms with van der Waals surface area (Å²) in [6.07, 6.45) is -0.170. The Morgan fingerprint density at radius 3 is 2.72 bits per heavy atom. The number of thioether (sulfide) groups is 2. The van der Waals surface area contributed by atoms with Crippen molar-refractivity contribution in [2.75, 3.05) is 11.5 Å². The van der Waals surface area contributed by atoms with E-state index in [1.54, 1.807) is 11.4 Å². The smallest absolute Gasteiger partial charge is 0.352 e. The van der Waals surface area contributed by atoms with Crippen LogP contribution in [-0.2, 0) is 20.8 Å². The van der Waals surface area contributed by atoms with Gasteiger partial charge in [-0.05, 0) is 29.5 Å². The van der Waals surface area contributed by atoms with Gasteiger partial charge in [-0.1, -0.05) is 23.1 Å². The van der Waals surface area contributed by atoms with E-state index in [4.69, 9.17) is 0 Å². The van der Waals surface area contributed by atoms with Crippen molar-refractivity contribution < 1.29 is 29.4 Å². The van der Waals surface area contributed by atoms with Gasteiger partial charge in [0.15, 0.2) is 4.34 Å². The van der Waals surface area contributed by atoms with E-state index in [0.29, 0.717) is 22.6 Å². The molecule has 2 aliphatic rings. The first kappa shape index (κ1) is 22.8. The molecule has 168 valence electrons. The highest BCUT2D eigenvalue weighted by atomic mass is 32.2. The van der Waals surface area contributed by atoms with Crippen LogP contribution in [0.5, 0.6) is 0 Å². The van der Waals surface area contributed by atoms with Gasteiger partial charge in [-0.15, -0.1) is 33.3 Å². The van der Waals surface area contributed by atoms with Crippen molar-refractivity contribution in [1.29, 1.82) is 0 Å². The molecule has 0 bridgehead atoms. The van der Waals surface area contributed by atoms with Crippen LogP contribution in [0, 0.1) is 6.92 Å². The molecule has 1 unspecified atom stereocenters. The van der Waals surface area contributed by atoms with Crippen molar-refractivity contribution in [2.45, 2.75) is 29.1 Å². The van der Waals surface area contributed by atoms with Gasteiger partial charge < -0.3 is 15.5 Å². The average molecular weight is 513 g/mol. The zero-order chi connectivity index (χ0) is 23.0. The van der Waals surface area contributed by atoms with Crippen LogP contribution in [0.15, 0.2) is 27.1 Å². The predicted octanol–water partition coefficient (Wildman–Crippen LogP) is 1.68. The second-order valence-corrected chi connectivity index (χ2v) is 11.3. The average Bonchev–Trinajstić information content (AvgIpc) is 3.38. The number of aromatic carboxylic acids is 1. The van der Waals surface area contributed by atoms with Gasteiger partial charge in [-0.3, -0.25) is 14.5 Å². The van der Waals surface area contributed by atoms with Crippen LogP contribution < -0.4 is 5.32 Å². The number of nitrogens with zero attached hydrogens (tertiary/aromatic N) is 3. The lowest BCUT2D eigenvalue weighted by atomic mass is 10.0. The fourth-order valence-corrected chi connectivity index (χ4v) is 7.40. The second-order valence-electron chi connectivity index (χ2n) is 6.84. The molecule has 1 saturated heterocycles. The Labute approximate surface area is 198 Å². The predicted molar refractivity (Wildman–Crippen MR) is 120 cm³/mol. The Kier molecular flexibility index (Phi) is 6.55. The normalized spacial score (nSPS) is 20.0. The first-order valence-corrected chi connectivity index (χ1v) is 12.9. The van der Waals surface area contributed by atoms with E-state index in [9.17, 15) is 29.4 Å². The molecular formula is C18H16N4O6S4. The molecule has 2 amide bonds. The van der Waals surface area contributed by atoms with Gasteiger partial charge in [0, 0.05) is 11.5 Å². The molecule has 2 atom stereocenters. The number of β-lactam (4-membered cyclic amide) rings is 1. The van der Waals surface area contributed by atoms with Gasteiger partial charge in [0.1, 0.15) is 27.0 Å². The number of carbonyl (C=O) groups is 4. The number of fused-ring (bicyclic) bond motifs is 1. The summed E-state index contributed by atoms with van der Waals surface area (Å²) in [5.74, 6) is -2.51. The summed E-state index contributed by atoms with van der Waals surface area (Å²) < 4.78 is 0.723. The summed E-state index contributed by atoms with van der Waals surface area (Å²) in [4.78, 5) is 49.6. The summed E-state index contributed by atoms with van der Waals surface area (Å²) in [6, 6.07) is 0.709. The lowest BCUT2D eigenvalue weighted by molar-refractivity contribution is -0.150. The minimum Gasteiger partial charge on any atom is -0.477 e. The molecule has 14 heteroatoms. The SMILES string of the molecule is Cc1nnc(SCC2=C(C(=O)O)N3C(=O)C(NC(=O)Cc4ccsc4C(=O)O)[C@@H]3SC2)s1. The number of rotatable bonds is 8. The molecule has 1 fully saturated rings. The summed E-state index contributed by atoms with van der Waals surface area (Å²) in [5, 5.41) is 31.4. The highest BCUT2D eigenvalue weighted by molar-refractivity contribution is 8.01. The van der Waals surface area contributed by atoms with E-state index < -0.39 is 35.2 Å². The van der Waals surface area contributed by atoms with Gasteiger partial charge in [0.05, 0.1) is 6.42 Å². The van der Waals surface area contributed by atoms with E-state index >= 15 is 0 Å². The molecule has 0 saturated carbocycles. The number of amides is 2. The highest BCUT2D eigenvalue weighted by Gasteiger charge is 2.54. The maximum Gasteiger partial charge on any atom is 0.352 e. The summed E-state index contributed by atoms with van der Waals surface area (Å²) in [6.45, 7) is 1.83. The lowest BCUT2D eigenvalue weighted by Crippen LogP contribution is -2.70. The van der Waals surface area contributed by atoms with E-state index in [-0.39, 0.29) is 17.0 Å². The van der Waals surface area contributed by atoms with Gasteiger partial charge in [0.2, 0.25) is 5.91 Å². The molecule has 4 heterocycles. The number of thiophene rings is 1.